The van der Waals surface area contributed by atoms with Gasteiger partial charge in [-0.25, -0.2) is 4.39 Å². The molecule has 0 saturated carbocycles. The summed E-state index contributed by atoms with van der Waals surface area (Å²) in [6, 6.07) is 11.9. The van der Waals surface area contributed by atoms with Crippen molar-refractivity contribution in [1.82, 2.24) is 10.9 Å². The number of rotatable bonds is 7. The highest BCUT2D eigenvalue weighted by Crippen LogP contribution is 2.23. The van der Waals surface area contributed by atoms with E-state index in [2.05, 4.69) is 10.9 Å². The quantitative estimate of drug-likeness (QED) is 0.412. The zero-order chi connectivity index (χ0) is 20.6. The molecule has 7 heteroatoms. The highest BCUT2D eigenvalue weighted by molar-refractivity contribution is 8.00. The molecule has 29 heavy (non-hydrogen) atoms. The molecule has 0 fully saturated rings. The number of hydrogen-bond donors (Lipinski definition) is 2. The number of carbonyl (C=O) groups excluding carboxylic acids is 3. The Balaban J connectivity index is 1.39. The number of hydrazine groups is 1. The SMILES string of the molecule is O=C(CCC(=O)c1ccc2c(c1)CCCC2)NNC(=O)CSc1ccccc1F. The number of halogens is 1. The number of Topliss-reactive ketones (excluding diaryl/α,β-unsaturated/α-hetero) is 1. The average molecular weight is 415 g/mol. The molecule has 0 atom stereocenters. The molecule has 0 spiro atoms. The molecule has 1 aliphatic carbocycles. The van der Waals surface area contributed by atoms with E-state index in [-0.39, 0.29) is 24.4 Å². The van der Waals surface area contributed by atoms with E-state index < -0.39 is 17.6 Å². The molecular formula is C22H23FN2O3S. The van der Waals surface area contributed by atoms with Crippen molar-refractivity contribution in [3.05, 3.63) is 65.0 Å². The lowest BCUT2D eigenvalue weighted by atomic mass is 9.89. The molecule has 152 valence electrons. The number of hydrogen-bond acceptors (Lipinski definition) is 4. The Bertz CT molecular complexity index is 917. The van der Waals surface area contributed by atoms with Crippen LogP contribution in [0, 0.1) is 5.82 Å². The third-order valence-electron chi connectivity index (χ3n) is 4.79. The third-order valence-corrected chi connectivity index (χ3v) is 5.83. The van der Waals surface area contributed by atoms with Gasteiger partial charge < -0.3 is 0 Å². The van der Waals surface area contributed by atoms with Crippen LogP contribution in [0.1, 0.15) is 47.2 Å². The van der Waals surface area contributed by atoms with E-state index in [4.69, 9.17) is 0 Å². The largest absolute Gasteiger partial charge is 0.294 e. The van der Waals surface area contributed by atoms with E-state index in [1.54, 1.807) is 18.2 Å². The van der Waals surface area contributed by atoms with Crippen molar-refractivity contribution in [3.63, 3.8) is 0 Å². The lowest BCUT2D eigenvalue weighted by Gasteiger charge is -2.16. The molecule has 5 nitrogen and oxygen atoms in total. The second kappa shape index (κ2) is 10.2. The van der Waals surface area contributed by atoms with E-state index >= 15 is 0 Å². The fourth-order valence-corrected chi connectivity index (χ4v) is 3.96. The predicted molar refractivity (Wildman–Crippen MR) is 110 cm³/mol. The predicted octanol–water partition coefficient (Wildman–Crippen LogP) is 3.61. The summed E-state index contributed by atoms with van der Waals surface area (Å²) in [5, 5.41) is 0. The summed E-state index contributed by atoms with van der Waals surface area (Å²) in [4.78, 5) is 36.4. The van der Waals surface area contributed by atoms with Gasteiger partial charge in [0.2, 0.25) is 11.8 Å². The molecule has 0 saturated heterocycles. The zero-order valence-corrected chi connectivity index (χ0v) is 16.8. The van der Waals surface area contributed by atoms with Gasteiger partial charge >= 0.3 is 0 Å². The highest BCUT2D eigenvalue weighted by atomic mass is 32.2. The van der Waals surface area contributed by atoms with Gasteiger partial charge in [-0.1, -0.05) is 24.3 Å². The van der Waals surface area contributed by atoms with Gasteiger partial charge in [0.15, 0.2) is 5.78 Å². The maximum atomic E-state index is 13.5. The average Bonchev–Trinajstić information content (AvgIpc) is 2.75. The second-order valence-corrected chi connectivity index (χ2v) is 7.95. The van der Waals surface area contributed by atoms with Crippen LogP contribution in [0.3, 0.4) is 0 Å². The summed E-state index contributed by atoms with van der Waals surface area (Å²) < 4.78 is 13.5. The van der Waals surface area contributed by atoms with Crippen molar-refractivity contribution in [2.75, 3.05) is 5.75 Å². The highest BCUT2D eigenvalue weighted by Gasteiger charge is 2.14. The van der Waals surface area contributed by atoms with Crippen molar-refractivity contribution in [1.29, 1.82) is 0 Å². The number of fused-ring (bicyclic) bond motifs is 1. The summed E-state index contributed by atoms with van der Waals surface area (Å²) >= 11 is 1.04. The molecule has 3 rings (SSSR count). The Morgan fingerprint density at radius 3 is 2.41 bits per heavy atom. The van der Waals surface area contributed by atoms with E-state index in [0.29, 0.717) is 10.5 Å². The Kier molecular flexibility index (Phi) is 7.41. The molecule has 2 N–H and O–H groups in total. The van der Waals surface area contributed by atoms with Crippen molar-refractivity contribution in [2.24, 2.45) is 0 Å². The molecule has 1 aliphatic rings. The van der Waals surface area contributed by atoms with Gasteiger partial charge in [0.05, 0.1) is 5.75 Å². The van der Waals surface area contributed by atoms with Crippen molar-refractivity contribution >= 4 is 29.4 Å². The fourth-order valence-electron chi connectivity index (χ4n) is 3.22. The zero-order valence-electron chi connectivity index (χ0n) is 16.0. The standard InChI is InChI=1S/C22H23FN2O3S/c23-18-7-3-4-8-20(18)29-14-22(28)25-24-21(27)12-11-19(26)17-10-9-15-5-1-2-6-16(15)13-17/h3-4,7-10,13H,1-2,5-6,11-12,14H2,(H,24,27)(H,25,28). The number of benzene rings is 2. The number of ketones is 1. The van der Waals surface area contributed by atoms with Crippen LogP contribution < -0.4 is 10.9 Å². The first-order valence-electron chi connectivity index (χ1n) is 9.63. The van der Waals surface area contributed by atoms with Crippen LogP contribution in [0.25, 0.3) is 0 Å². The molecule has 2 amide bonds. The minimum atomic E-state index is -0.451. The van der Waals surface area contributed by atoms with Crippen LogP contribution in [0.2, 0.25) is 0 Å². The molecule has 0 bridgehead atoms. The van der Waals surface area contributed by atoms with Crippen molar-refractivity contribution in [2.45, 2.75) is 43.4 Å². The fraction of sp³-hybridized carbons (Fsp3) is 0.318. The number of aryl methyl sites for hydroxylation is 2. The van der Waals surface area contributed by atoms with Crippen LogP contribution in [0.4, 0.5) is 4.39 Å². The number of nitrogens with one attached hydrogen (secondary N) is 2. The first kappa shape index (κ1) is 21.0. The number of thioether (sulfide) groups is 1. The van der Waals surface area contributed by atoms with Gasteiger partial charge in [-0.3, -0.25) is 25.2 Å². The summed E-state index contributed by atoms with van der Waals surface area (Å²) in [6.07, 6.45) is 4.43. The lowest BCUT2D eigenvalue weighted by Crippen LogP contribution is -2.42. The molecule has 0 aliphatic heterocycles. The Morgan fingerprint density at radius 1 is 0.897 bits per heavy atom. The van der Waals surface area contributed by atoms with E-state index in [9.17, 15) is 18.8 Å². The normalized spacial score (nSPS) is 12.7. The summed E-state index contributed by atoms with van der Waals surface area (Å²) in [6.45, 7) is 0. The Hall–Kier alpha value is -2.67. The molecule has 0 unspecified atom stereocenters. The topological polar surface area (TPSA) is 75.3 Å². The van der Waals surface area contributed by atoms with Crippen LogP contribution in [0.15, 0.2) is 47.4 Å². The molecular weight excluding hydrogens is 391 g/mol. The molecule has 2 aromatic carbocycles. The molecule has 0 radical (unpaired) electrons. The first-order chi connectivity index (χ1) is 14.0. The van der Waals surface area contributed by atoms with Gasteiger partial charge in [-0.05, 0) is 55.0 Å². The van der Waals surface area contributed by atoms with Crippen LogP contribution in [-0.2, 0) is 22.4 Å². The smallest absolute Gasteiger partial charge is 0.248 e. The van der Waals surface area contributed by atoms with E-state index in [1.807, 2.05) is 18.2 Å². The second-order valence-electron chi connectivity index (χ2n) is 6.93. The van der Waals surface area contributed by atoms with Gasteiger partial charge in [-0.15, -0.1) is 11.8 Å². The van der Waals surface area contributed by atoms with E-state index in [0.717, 1.165) is 31.0 Å². The minimum Gasteiger partial charge on any atom is -0.294 e. The third kappa shape index (κ3) is 6.15. The lowest BCUT2D eigenvalue weighted by molar-refractivity contribution is -0.127. The summed E-state index contributed by atoms with van der Waals surface area (Å²) in [5.74, 6) is -1.41. The van der Waals surface area contributed by atoms with E-state index in [1.165, 1.54) is 23.6 Å². The van der Waals surface area contributed by atoms with Crippen molar-refractivity contribution in [3.8, 4) is 0 Å². The van der Waals surface area contributed by atoms with Gasteiger partial charge in [-0.2, -0.15) is 0 Å². The molecule has 0 aromatic heterocycles. The van der Waals surface area contributed by atoms with Gasteiger partial charge in [0.25, 0.3) is 0 Å². The van der Waals surface area contributed by atoms with Gasteiger partial charge in [0, 0.05) is 23.3 Å². The summed E-state index contributed by atoms with van der Waals surface area (Å²) in [7, 11) is 0. The van der Waals surface area contributed by atoms with Crippen molar-refractivity contribution < 1.29 is 18.8 Å². The van der Waals surface area contributed by atoms with Crippen LogP contribution in [-0.4, -0.2) is 23.4 Å². The van der Waals surface area contributed by atoms with Crippen LogP contribution in [0.5, 0.6) is 0 Å². The molecule has 0 heterocycles. The Morgan fingerprint density at radius 2 is 1.62 bits per heavy atom. The van der Waals surface area contributed by atoms with Crippen LogP contribution >= 0.6 is 11.8 Å². The maximum Gasteiger partial charge on any atom is 0.248 e. The van der Waals surface area contributed by atoms with Gasteiger partial charge in [0.1, 0.15) is 5.82 Å². The Labute approximate surface area is 173 Å². The number of amides is 2. The minimum absolute atomic E-state index is 0.0172. The monoisotopic (exact) mass is 414 g/mol. The number of carbonyl (C=O) groups is 3. The molecule has 2 aromatic rings. The maximum absolute atomic E-state index is 13.5. The first-order valence-corrected chi connectivity index (χ1v) is 10.6. The summed E-state index contributed by atoms with van der Waals surface area (Å²) in [5.41, 5.74) is 7.74.